The summed E-state index contributed by atoms with van der Waals surface area (Å²) in [6, 6.07) is 0.705. The highest BCUT2D eigenvalue weighted by molar-refractivity contribution is 5.76. The lowest BCUT2D eigenvalue weighted by Crippen LogP contribution is -2.47. The molecule has 1 aromatic rings. The second-order valence-corrected chi connectivity index (χ2v) is 6.67. The van der Waals surface area contributed by atoms with Crippen LogP contribution in [0.25, 0.3) is 0 Å². The Balaban J connectivity index is 1.41. The molecule has 3 heterocycles. The number of aromatic nitrogens is 2. The van der Waals surface area contributed by atoms with E-state index in [0.717, 1.165) is 37.9 Å². The van der Waals surface area contributed by atoms with Crippen molar-refractivity contribution in [2.45, 2.75) is 57.4 Å². The fourth-order valence-electron chi connectivity index (χ4n) is 3.76. The molecule has 0 spiro atoms. The van der Waals surface area contributed by atoms with Crippen LogP contribution in [0.2, 0.25) is 0 Å². The summed E-state index contributed by atoms with van der Waals surface area (Å²) in [6.07, 6.45) is 12.9. The average molecular weight is 304 g/mol. The topological polar surface area (TPSA) is 52.2 Å². The fourth-order valence-corrected chi connectivity index (χ4v) is 3.76. The van der Waals surface area contributed by atoms with Crippen molar-refractivity contribution in [3.05, 3.63) is 18.0 Å². The Morgan fingerprint density at radius 3 is 2.50 bits per heavy atom. The molecule has 0 saturated carbocycles. The zero-order valence-corrected chi connectivity index (χ0v) is 13.5. The first kappa shape index (κ1) is 15.5. The Morgan fingerprint density at radius 1 is 1.14 bits per heavy atom. The molecule has 2 aliphatic rings. The monoisotopic (exact) mass is 304 g/mol. The Bertz CT molecular complexity index is 443. The minimum atomic E-state index is 0.301. The molecule has 5 nitrogen and oxygen atoms in total. The highest BCUT2D eigenvalue weighted by Crippen LogP contribution is 2.21. The first-order chi connectivity index (χ1) is 10.8. The summed E-state index contributed by atoms with van der Waals surface area (Å²) in [5, 5.41) is 6.73. The van der Waals surface area contributed by atoms with E-state index in [-0.39, 0.29) is 0 Å². The minimum absolute atomic E-state index is 0.301. The maximum atomic E-state index is 12.3. The van der Waals surface area contributed by atoms with E-state index >= 15 is 0 Å². The molecule has 122 valence electrons. The maximum absolute atomic E-state index is 12.3. The Labute approximate surface area is 133 Å². The third kappa shape index (κ3) is 4.09. The van der Waals surface area contributed by atoms with Gasteiger partial charge in [0.1, 0.15) is 0 Å². The number of carbonyl (C=O) groups excluding carboxylic acids is 1. The summed E-state index contributed by atoms with van der Waals surface area (Å²) >= 11 is 0. The number of carbonyl (C=O) groups is 1. The van der Waals surface area contributed by atoms with Gasteiger partial charge >= 0.3 is 0 Å². The van der Waals surface area contributed by atoms with Crippen LogP contribution in [0, 0.1) is 0 Å². The molecule has 22 heavy (non-hydrogen) atoms. The fraction of sp³-hybridized carbons (Fsp3) is 0.765. The standard InChI is InChI=1S/C17H28N4O/c22-17(6-5-15-13-18-19-14-15)21-11-7-16(8-12-21)20-9-3-1-2-4-10-20/h13-14,16H,1-12H2,(H,18,19). The summed E-state index contributed by atoms with van der Waals surface area (Å²) in [7, 11) is 0. The van der Waals surface area contributed by atoms with Crippen LogP contribution in [-0.2, 0) is 11.2 Å². The molecule has 0 atom stereocenters. The van der Waals surface area contributed by atoms with Crippen LogP contribution < -0.4 is 0 Å². The van der Waals surface area contributed by atoms with Gasteiger partial charge in [-0.25, -0.2) is 0 Å². The van der Waals surface area contributed by atoms with Gasteiger partial charge in [-0.15, -0.1) is 0 Å². The number of aromatic amines is 1. The van der Waals surface area contributed by atoms with Gasteiger partial charge in [0.05, 0.1) is 6.20 Å². The van der Waals surface area contributed by atoms with E-state index in [9.17, 15) is 4.79 Å². The second kappa shape index (κ2) is 7.77. The largest absolute Gasteiger partial charge is 0.343 e. The lowest BCUT2D eigenvalue weighted by molar-refractivity contribution is -0.132. The molecule has 2 fully saturated rings. The smallest absolute Gasteiger partial charge is 0.222 e. The number of likely N-dealkylation sites (tertiary alicyclic amines) is 2. The van der Waals surface area contributed by atoms with Crippen LogP contribution in [0.15, 0.2) is 12.4 Å². The van der Waals surface area contributed by atoms with E-state index in [2.05, 4.69) is 20.0 Å². The number of piperidine rings is 1. The minimum Gasteiger partial charge on any atom is -0.343 e. The number of nitrogens with zero attached hydrogens (tertiary/aromatic N) is 3. The Hall–Kier alpha value is -1.36. The second-order valence-electron chi connectivity index (χ2n) is 6.67. The number of hydrogen-bond donors (Lipinski definition) is 1. The van der Waals surface area contributed by atoms with Crippen LogP contribution in [0.3, 0.4) is 0 Å². The summed E-state index contributed by atoms with van der Waals surface area (Å²) in [5.74, 6) is 0.301. The van der Waals surface area contributed by atoms with Crippen molar-refractivity contribution in [2.24, 2.45) is 0 Å². The first-order valence-electron chi connectivity index (χ1n) is 8.82. The number of aryl methyl sites for hydroxylation is 1. The van der Waals surface area contributed by atoms with Gasteiger partial charge in [0, 0.05) is 31.7 Å². The molecule has 2 aliphatic heterocycles. The van der Waals surface area contributed by atoms with E-state index in [1.165, 1.54) is 38.8 Å². The zero-order chi connectivity index (χ0) is 15.2. The number of nitrogens with one attached hydrogen (secondary N) is 1. The Morgan fingerprint density at radius 2 is 1.86 bits per heavy atom. The predicted molar refractivity (Wildman–Crippen MR) is 86.6 cm³/mol. The van der Waals surface area contributed by atoms with Crippen LogP contribution in [0.4, 0.5) is 0 Å². The van der Waals surface area contributed by atoms with Crippen molar-refractivity contribution >= 4 is 5.91 Å². The van der Waals surface area contributed by atoms with Crippen LogP contribution in [-0.4, -0.2) is 58.1 Å². The van der Waals surface area contributed by atoms with E-state index in [1.54, 1.807) is 6.20 Å². The molecule has 0 bridgehead atoms. The highest BCUT2D eigenvalue weighted by Gasteiger charge is 2.26. The third-order valence-electron chi connectivity index (χ3n) is 5.16. The van der Waals surface area contributed by atoms with Crippen LogP contribution in [0.5, 0.6) is 0 Å². The quantitative estimate of drug-likeness (QED) is 0.928. The lowest BCUT2D eigenvalue weighted by atomic mass is 10.0. The van der Waals surface area contributed by atoms with Gasteiger partial charge in [-0.2, -0.15) is 5.10 Å². The molecule has 0 aliphatic carbocycles. The predicted octanol–water partition coefficient (Wildman–Crippen LogP) is 2.21. The van der Waals surface area contributed by atoms with E-state index < -0.39 is 0 Å². The number of rotatable bonds is 4. The van der Waals surface area contributed by atoms with Crippen molar-refractivity contribution in [1.29, 1.82) is 0 Å². The highest BCUT2D eigenvalue weighted by atomic mass is 16.2. The van der Waals surface area contributed by atoms with Gasteiger partial charge in [-0.3, -0.25) is 9.89 Å². The van der Waals surface area contributed by atoms with Gasteiger partial charge in [0.25, 0.3) is 0 Å². The number of hydrogen-bond acceptors (Lipinski definition) is 3. The summed E-state index contributed by atoms with van der Waals surface area (Å²) in [6.45, 7) is 4.40. The van der Waals surface area contributed by atoms with Crippen molar-refractivity contribution in [2.75, 3.05) is 26.2 Å². The van der Waals surface area contributed by atoms with E-state index in [0.29, 0.717) is 18.4 Å². The zero-order valence-electron chi connectivity index (χ0n) is 13.5. The number of amides is 1. The van der Waals surface area contributed by atoms with Gasteiger partial charge in [-0.1, -0.05) is 12.8 Å². The molecule has 2 saturated heterocycles. The van der Waals surface area contributed by atoms with Crippen molar-refractivity contribution < 1.29 is 4.79 Å². The third-order valence-corrected chi connectivity index (χ3v) is 5.16. The van der Waals surface area contributed by atoms with Crippen molar-refractivity contribution in [3.63, 3.8) is 0 Å². The summed E-state index contributed by atoms with van der Waals surface area (Å²) in [5.41, 5.74) is 1.12. The van der Waals surface area contributed by atoms with Crippen LogP contribution >= 0.6 is 0 Å². The van der Waals surface area contributed by atoms with Crippen molar-refractivity contribution in [3.8, 4) is 0 Å². The molecule has 0 aromatic carbocycles. The molecule has 0 unspecified atom stereocenters. The summed E-state index contributed by atoms with van der Waals surface area (Å²) in [4.78, 5) is 17.1. The lowest BCUT2D eigenvalue weighted by Gasteiger charge is -2.38. The molecule has 5 heteroatoms. The van der Waals surface area contributed by atoms with E-state index in [4.69, 9.17) is 0 Å². The van der Waals surface area contributed by atoms with Gasteiger partial charge in [0.15, 0.2) is 0 Å². The van der Waals surface area contributed by atoms with Gasteiger partial charge in [-0.05, 0) is 50.8 Å². The average Bonchev–Trinajstić information content (AvgIpc) is 2.93. The number of H-pyrrole nitrogens is 1. The molecule has 0 radical (unpaired) electrons. The van der Waals surface area contributed by atoms with E-state index in [1.807, 2.05) is 6.20 Å². The molecular formula is C17H28N4O. The van der Waals surface area contributed by atoms with Gasteiger partial charge < -0.3 is 9.80 Å². The summed E-state index contributed by atoms with van der Waals surface area (Å²) < 4.78 is 0. The Kier molecular flexibility index (Phi) is 5.48. The van der Waals surface area contributed by atoms with Crippen molar-refractivity contribution in [1.82, 2.24) is 20.0 Å². The maximum Gasteiger partial charge on any atom is 0.222 e. The normalized spacial score (nSPS) is 21.7. The first-order valence-corrected chi connectivity index (χ1v) is 8.82. The molecule has 1 aromatic heterocycles. The molecule has 1 amide bonds. The molecular weight excluding hydrogens is 276 g/mol. The van der Waals surface area contributed by atoms with Crippen LogP contribution in [0.1, 0.15) is 50.5 Å². The SMILES string of the molecule is O=C(CCc1cn[nH]c1)N1CCC(N2CCCCCC2)CC1. The molecule has 3 rings (SSSR count). The molecule has 1 N–H and O–H groups in total. The van der Waals surface area contributed by atoms with Gasteiger partial charge in [0.2, 0.25) is 5.91 Å².